The fraction of sp³-hybridized carbons (Fsp3) is 0.923. The number of carboxylic acid groups (broad SMARTS) is 1. The van der Waals surface area contributed by atoms with E-state index >= 15 is 0 Å². The van der Waals surface area contributed by atoms with Gasteiger partial charge in [0.25, 0.3) is 0 Å². The van der Waals surface area contributed by atoms with Crippen molar-refractivity contribution in [2.24, 2.45) is 11.7 Å². The van der Waals surface area contributed by atoms with Crippen LogP contribution in [0.2, 0.25) is 0 Å². The number of nitrogens with two attached hydrogens (primary N) is 1. The SMILES string of the molecule is CCC(C)CN(C)C1CCCC(N)(C(=O)O)C1. The van der Waals surface area contributed by atoms with Crippen LogP contribution in [0.25, 0.3) is 0 Å². The monoisotopic (exact) mass is 242 g/mol. The van der Waals surface area contributed by atoms with E-state index in [2.05, 4.69) is 25.8 Å². The molecule has 1 saturated carbocycles. The number of aliphatic carboxylic acids is 1. The largest absolute Gasteiger partial charge is 0.480 e. The molecule has 0 aromatic heterocycles. The summed E-state index contributed by atoms with van der Waals surface area (Å²) in [4.78, 5) is 13.5. The minimum absolute atomic E-state index is 0.318. The lowest BCUT2D eigenvalue weighted by Crippen LogP contribution is -2.55. The lowest BCUT2D eigenvalue weighted by Gasteiger charge is -2.39. The quantitative estimate of drug-likeness (QED) is 0.770. The Balaban J connectivity index is 2.57. The van der Waals surface area contributed by atoms with E-state index in [9.17, 15) is 9.90 Å². The van der Waals surface area contributed by atoms with Crippen molar-refractivity contribution in [1.29, 1.82) is 0 Å². The van der Waals surface area contributed by atoms with Crippen LogP contribution in [0.15, 0.2) is 0 Å². The van der Waals surface area contributed by atoms with E-state index in [0.717, 1.165) is 25.8 Å². The zero-order valence-electron chi connectivity index (χ0n) is 11.3. The molecule has 1 fully saturated rings. The van der Waals surface area contributed by atoms with Gasteiger partial charge in [0.2, 0.25) is 0 Å². The number of hydrogen-bond acceptors (Lipinski definition) is 3. The summed E-state index contributed by atoms with van der Waals surface area (Å²) in [5, 5.41) is 9.18. The van der Waals surface area contributed by atoms with E-state index in [0.29, 0.717) is 24.8 Å². The fourth-order valence-corrected chi connectivity index (χ4v) is 2.62. The molecule has 0 aromatic rings. The summed E-state index contributed by atoms with van der Waals surface area (Å²) < 4.78 is 0. The minimum Gasteiger partial charge on any atom is -0.480 e. The summed E-state index contributed by atoms with van der Waals surface area (Å²) in [7, 11) is 2.09. The third-order valence-electron chi connectivity index (χ3n) is 4.11. The number of hydrogen-bond donors (Lipinski definition) is 2. The second-order valence-electron chi connectivity index (χ2n) is 5.66. The number of nitrogens with zero attached hydrogens (tertiary/aromatic N) is 1. The minimum atomic E-state index is -1.01. The molecule has 1 rings (SSSR count). The van der Waals surface area contributed by atoms with E-state index in [1.54, 1.807) is 0 Å². The van der Waals surface area contributed by atoms with Gasteiger partial charge in [-0.05, 0) is 38.6 Å². The summed E-state index contributed by atoms with van der Waals surface area (Å²) >= 11 is 0. The Bertz CT molecular complexity index is 270. The van der Waals surface area contributed by atoms with Crippen LogP contribution in [0.3, 0.4) is 0 Å². The van der Waals surface area contributed by atoms with Crippen LogP contribution in [-0.2, 0) is 4.79 Å². The molecule has 3 unspecified atom stereocenters. The molecule has 0 aliphatic heterocycles. The summed E-state index contributed by atoms with van der Waals surface area (Å²) in [6.45, 7) is 5.44. The highest BCUT2D eigenvalue weighted by Crippen LogP contribution is 2.29. The van der Waals surface area contributed by atoms with Gasteiger partial charge in [0.1, 0.15) is 5.54 Å². The maximum Gasteiger partial charge on any atom is 0.323 e. The zero-order valence-corrected chi connectivity index (χ0v) is 11.3. The zero-order chi connectivity index (χ0) is 13.1. The Morgan fingerprint density at radius 2 is 2.29 bits per heavy atom. The Hall–Kier alpha value is -0.610. The van der Waals surface area contributed by atoms with Crippen molar-refractivity contribution >= 4 is 5.97 Å². The van der Waals surface area contributed by atoms with Gasteiger partial charge in [-0.2, -0.15) is 0 Å². The molecule has 3 N–H and O–H groups in total. The van der Waals surface area contributed by atoms with Crippen molar-refractivity contribution in [1.82, 2.24) is 4.90 Å². The molecule has 0 aromatic carbocycles. The first-order valence-corrected chi connectivity index (χ1v) is 6.61. The van der Waals surface area contributed by atoms with Gasteiger partial charge < -0.3 is 15.7 Å². The van der Waals surface area contributed by atoms with Gasteiger partial charge in [0.15, 0.2) is 0 Å². The number of carboxylic acids is 1. The predicted octanol–water partition coefficient (Wildman–Crippen LogP) is 1.69. The van der Waals surface area contributed by atoms with E-state index in [1.165, 1.54) is 0 Å². The highest BCUT2D eigenvalue weighted by Gasteiger charge is 2.40. The maximum absolute atomic E-state index is 11.2. The average Bonchev–Trinajstić information content (AvgIpc) is 2.28. The molecule has 0 amide bonds. The third-order valence-corrected chi connectivity index (χ3v) is 4.11. The first kappa shape index (κ1) is 14.5. The Kier molecular flexibility index (Phi) is 4.95. The second-order valence-corrected chi connectivity index (χ2v) is 5.66. The van der Waals surface area contributed by atoms with Crippen LogP contribution >= 0.6 is 0 Å². The van der Waals surface area contributed by atoms with Gasteiger partial charge in [-0.3, -0.25) is 4.79 Å². The van der Waals surface area contributed by atoms with Crippen molar-refractivity contribution in [2.45, 2.75) is 57.5 Å². The lowest BCUT2D eigenvalue weighted by atomic mass is 9.79. The van der Waals surface area contributed by atoms with Crippen molar-refractivity contribution in [3.63, 3.8) is 0 Å². The molecule has 0 heterocycles. The van der Waals surface area contributed by atoms with E-state index in [-0.39, 0.29) is 0 Å². The lowest BCUT2D eigenvalue weighted by molar-refractivity contribution is -0.145. The van der Waals surface area contributed by atoms with Crippen molar-refractivity contribution < 1.29 is 9.90 Å². The molecular formula is C13H26N2O2. The van der Waals surface area contributed by atoms with Crippen LogP contribution < -0.4 is 5.73 Å². The molecule has 0 radical (unpaired) electrons. The summed E-state index contributed by atoms with van der Waals surface area (Å²) in [6, 6.07) is 0.318. The number of rotatable bonds is 5. The fourth-order valence-electron chi connectivity index (χ4n) is 2.62. The standard InChI is InChI=1S/C13H26N2O2/c1-4-10(2)9-15(3)11-6-5-7-13(14,8-11)12(16)17/h10-11H,4-9,14H2,1-3H3,(H,16,17). The van der Waals surface area contributed by atoms with E-state index in [1.807, 2.05) is 0 Å². The smallest absolute Gasteiger partial charge is 0.323 e. The van der Waals surface area contributed by atoms with Gasteiger partial charge in [0.05, 0.1) is 0 Å². The molecule has 3 atom stereocenters. The van der Waals surface area contributed by atoms with Gasteiger partial charge in [-0.1, -0.05) is 20.3 Å². The van der Waals surface area contributed by atoms with Crippen LogP contribution in [0.4, 0.5) is 0 Å². The molecule has 100 valence electrons. The van der Waals surface area contributed by atoms with Crippen molar-refractivity contribution in [2.75, 3.05) is 13.6 Å². The third kappa shape index (κ3) is 3.68. The Morgan fingerprint density at radius 1 is 1.65 bits per heavy atom. The first-order valence-electron chi connectivity index (χ1n) is 6.61. The first-order chi connectivity index (χ1) is 7.89. The van der Waals surface area contributed by atoms with Gasteiger partial charge in [0, 0.05) is 12.6 Å². The van der Waals surface area contributed by atoms with Crippen LogP contribution in [0, 0.1) is 5.92 Å². The van der Waals surface area contributed by atoms with Crippen LogP contribution in [0.1, 0.15) is 46.0 Å². The van der Waals surface area contributed by atoms with E-state index in [4.69, 9.17) is 5.73 Å². The molecular weight excluding hydrogens is 216 g/mol. The summed E-state index contributed by atoms with van der Waals surface area (Å²) in [5.74, 6) is -0.196. The van der Waals surface area contributed by atoms with Gasteiger partial charge in [-0.25, -0.2) is 0 Å². The summed E-state index contributed by atoms with van der Waals surface area (Å²) in [6.07, 6.45) is 4.33. The topological polar surface area (TPSA) is 66.6 Å². The van der Waals surface area contributed by atoms with Crippen molar-refractivity contribution in [3.8, 4) is 0 Å². The van der Waals surface area contributed by atoms with Crippen LogP contribution in [-0.4, -0.2) is 41.1 Å². The highest BCUT2D eigenvalue weighted by atomic mass is 16.4. The molecule has 0 spiro atoms. The number of carbonyl (C=O) groups is 1. The Labute approximate surface area is 104 Å². The molecule has 4 heteroatoms. The van der Waals surface area contributed by atoms with E-state index < -0.39 is 11.5 Å². The molecule has 1 aliphatic carbocycles. The highest BCUT2D eigenvalue weighted by molar-refractivity contribution is 5.78. The van der Waals surface area contributed by atoms with Gasteiger partial charge >= 0.3 is 5.97 Å². The molecule has 0 saturated heterocycles. The molecule has 1 aliphatic rings. The molecule has 17 heavy (non-hydrogen) atoms. The van der Waals surface area contributed by atoms with Gasteiger partial charge in [-0.15, -0.1) is 0 Å². The van der Waals surface area contributed by atoms with Crippen LogP contribution in [0.5, 0.6) is 0 Å². The molecule has 4 nitrogen and oxygen atoms in total. The average molecular weight is 242 g/mol. The Morgan fingerprint density at radius 3 is 2.82 bits per heavy atom. The predicted molar refractivity (Wildman–Crippen MR) is 68.9 cm³/mol. The maximum atomic E-state index is 11.2. The second kappa shape index (κ2) is 5.83. The van der Waals surface area contributed by atoms with Crippen molar-refractivity contribution in [3.05, 3.63) is 0 Å². The normalized spacial score (nSPS) is 31.5. The summed E-state index contributed by atoms with van der Waals surface area (Å²) in [5.41, 5.74) is 4.96. The molecule has 0 bridgehead atoms.